The van der Waals surface area contributed by atoms with Gasteiger partial charge in [0.2, 0.25) is 0 Å². The predicted molar refractivity (Wildman–Crippen MR) is 60.7 cm³/mol. The highest BCUT2D eigenvalue weighted by atomic mass is 14.9. The smallest absolute Gasteiger partial charge is 0.00757 e. The largest absolute Gasteiger partial charge is 0.317 e. The lowest BCUT2D eigenvalue weighted by Gasteiger charge is -2.35. The van der Waals surface area contributed by atoms with Crippen molar-refractivity contribution < 1.29 is 0 Å². The number of benzene rings is 1. The maximum atomic E-state index is 3.33. The van der Waals surface area contributed by atoms with Crippen LogP contribution in [0.1, 0.15) is 35.4 Å². The average molecular weight is 189 g/mol. The third-order valence-corrected chi connectivity index (χ3v) is 3.55. The van der Waals surface area contributed by atoms with E-state index in [1.165, 1.54) is 29.5 Å². The van der Waals surface area contributed by atoms with Gasteiger partial charge < -0.3 is 5.32 Å². The molecule has 1 heteroatoms. The summed E-state index contributed by atoms with van der Waals surface area (Å²) in [6, 6.07) is 7.64. The van der Waals surface area contributed by atoms with Crippen LogP contribution in [0.3, 0.4) is 0 Å². The second kappa shape index (κ2) is 3.74. The summed E-state index contributed by atoms with van der Waals surface area (Å²) in [5, 5.41) is 3.33. The van der Waals surface area contributed by atoms with Crippen molar-refractivity contribution in [2.24, 2.45) is 0 Å². The molecule has 0 heterocycles. The van der Waals surface area contributed by atoms with E-state index in [0.717, 1.165) is 12.0 Å². The van der Waals surface area contributed by atoms with Crippen molar-refractivity contribution in [2.75, 3.05) is 7.05 Å². The molecule has 0 unspecified atom stereocenters. The Morgan fingerprint density at radius 1 is 1.14 bits per heavy atom. The summed E-state index contributed by atoms with van der Waals surface area (Å²) in [7, 11) is 2.06. The van der Waals surface area contributed by atoms with Gasteiger partial charge in [-0.05, 0) is 56.3 Å². The SMILES string of the molecule is CNC1CC(c2ccc(C)c(C)c2)C1. The summed E-state index contributed by atoms with van der Waals surface area (Å²) in [5.41, 5.74) is 4.35. The number of hydrogen-bond acceptors (Lipinski definition) is 1. The summed E-state index contributed by atoms with van der Waals surface area (Å²) in [5.74, 6) is 0.798. The second-order valence-corrected chi connectivity index (χ2v) is 4.50. The zero-order valence-corrected chi connectivity index (χ0v) is 9.30. The van der Waals surface area contributed by atoms with Crippen LogP contribution in [0.2, 0.25) is 0 Å². The molecule has 14 heavy (non-hydrogen) atoms. The summed E-state index contributed by atoms with van der Waals surface area (Å²) in [4.78, 5) is 0. The lowest BCUT2D eigenvalue weighted by atomic mass is 9.75. The van der Waals surface area contributed by atoms with Gasteiger partial charge in [0.25, 0.3) is 0 Å². The highest BCUT2D eigenvalue weighted by molar-refractivity contribution is 5.33. The van der Waals surface area contributed by atoms with Gasteiger partial charge >= 0.3 is 0 Å². The number of hydrogen-bond donors (Lipinski definition) is 1. The van der Waals surface area contributed by atoms with Gasteiger partial charge in [0, 0.05) is 6.04 Å². The molecular weight excluding hydrogens is 170 g/mol. The zero-order valence-electron chi connectivity index (χ0n) is 9.30. The van der Waals surface area contributed by atoms with Crippen molar-refractivity contribution in [1.29, 1.82) is 0 Å². The van der Waals surface area contributed by atoms with Crippen LogP contribution in [0, 0.1) is 13.8 Å². The summed E-state index contributed by atoms with van der Waals surface area (Å²) in [6.45, 7) is 4.38. The minimum Gasteiger partial charge on any atom is -0.317 e. The van der Waals surface area contributed by atoms with Gasteiger partial charge in [-0.2, -0.15) is 0 Å². The Kier molecular flexibility index (Phi) is 2.60. The third-order valence-electron chi connectivity index (χ3n) is 3.55. The Bertz CT molecular complexity index is 324. The van der Waals surface area contributed by atoms with E-state index in [2.05, 4.69) is 44.4 Å². The highest BCUT2D eigenvalue weighted by Gasteiger charge is 2.28. The molecule has 1 saturated carbocycles. The highest BCUT2D eigenvalue weighted by Crippen LogP contribution is 2.37. The van der Waals surface area contributed by atoms with Crippen molar-refractivity contribution in [3.05, 3.63) is 34.9 Å². The van der Waals surface area contributed by atoms with E-state index in [1.807, 2.05) is 0 Å². The summed E-state index contributed by atoms with van der Waals surface area (Å²) < 4.78 is 0. The normalized spacial score (nSPS) is 25.9. The topological polar surface area (TPSA) is 12.0 Å². The fourth-order valence-electron chi connectivity index (χ4n) is 2.14. The maximum absolute atomic E-state index is 3.33. The molecule has 0 aromatic heterocycles. The minimum absolute atomic E-state index is 0.751. The molecule has 76 valence electrons. The Hall–Kier alpha value is -0.820. The molecule has 1 aromatic carbocycles. The van der Waals surface area contributed by atoms with E-state index in [-0.39, 0.29) is 0 Å². The van der Waals surface area contributed by atoms with E-state index in [1.54, 1.807) is 0 Å². The molecule has 1 nitrogen and oxygen atoms in total. The van der Waals surface area contributed by atoms with Gasteiger partial charge in [0.1, 0.15) is 0 Å². The van der Waals surface area contributed by atoms with E-state index in [0.29, 0.717) is 0 Å². The first-order valence-corrected chi connectivity index (χ1v) is 5.45. The zero-order chi connectivity index (χ0) is 10.1. The van der Waals surface area contributed by atoms with Gasteiger partial charge in [0.15, 0.2) is 0 Å². The fraction of sp³-hybridized carbons (Fsp3) is 0.538. The monoisotopic (exact) mass is 189 g/mol. The minimum atomic E-state index is 0.751. The van der Waals surface area contributed by atoms with Crippen LogP contribution in [-0.2, 0) is 0 Å². The maximum Gasteiger partial charge on any atom is 0.00757 e. The molecule has 1 aliphatic rings. The van der Waals surface area contributed by atoms with Gasteiger partial charge in [-0.1, -0.05) is 18.2 Å². The average Bonchev–Trinajstić information content (AvgIpc) is 2.09. The number of rotatable bonds is 2. The molecule has 0 spiro atoms. The Morgan fingerprint density at radius 2 is 1.86 bits per heavy atom. The molecule has 1 aromatic rings. The van der Waals surface area contributed by atoms with Gasteiger partial charge in [-0.15, -0.1) is 0 Å². The third kappa shape index (κ3) is 1.69. The second-order valence-electron chi connectivity index (χ2n) is 4.50. The molecule has 0 atom stereocenters. The van der Waals surface area contributed by atoms with Crippen LogP contribution in [0.5, 0.6) is 0 Å². The lowest BCUT2D eigenvalue weighted by molar-refractivity contribution is 0.307. The molecule has 2 rings (SSSR count). The Labute approximate surface area is 86.5 Å². The van der Waals surface area contributed by atoms with E-state index in [9.17, 15) is 0 Å². The standard InChI is InChI=1S/C13H19N/c1-9-4-5-11(6-10(9)2)12-7-13(8-12)14-3/h4-6,12-14H,7-8H2,1-3H3. The molecule has 1 fully saturated rings. The molecule has 0 bridgehead atoms. The Morgan fingerprint density at radius 3 is 2.43 bits per heavy atom. The van der Waals surface area contributed by atoms with Crippen LogP contribution in [0.25, 0.3) is 0 Å². The van der Waals surface area contributed by atoms with Crippen LogP contribution in [-0.4, -0.2) is 13.1 Å². The van der Waals surface area contributed by atoms with E-state index < -0.39 is 0 Å². The molecule has 1 aliphatic carbocycles. The fourth-order valence-corrected chi connectivity index (χ4v) is 2.14. The number of nitrogens with one attached hydrogen (secondary N) is 1. The van der Waals surface area contributed by atoms with Crippen LogP contribution in [0.15, 0.2) is 18.2 Å². The lowest BCUT2D eigenvalue weighted by Crippen LogP contribution is -2.37. The first-order chi connectivity index (χ1) is 6.70. The Balaban J connectivity index is 2.08. The summed E-state index contributed by atoms with van der Waals surface area (Å²) >= 11 is 0. The number of aryl methyl sites for hydroxylation is 2. The van der Waals surface area contributed by atoms with Crippen molar-refractivity contribution in [3.63, 3.8) is 0 Å². The molecule has 0 amide bonds. The van der Waals surface area contributed by atoms with E-state index in [4.69, 9.17) is 0 Å². The molecule has 0 saturated heterocycles. The van der Waals surface area contributed by atoms with Gasteiger partial charge in [-0.25, -0.2) is 0 Å². The van der Waals surface area contributed by atoms with Crippen LogP contribution < -0.4 is 5.32 Å². The van der Waals surface area contributed by atoms with Gasteiger partial charge in [-0.3, -0.25) is 0 Å². The molecular formula is C13H19N. The quantitative estimate of drug-likeness (QED) is 0.754. The molecule has 1 N–H and O–H groups in total. The molecule has 0 radical (unpaired) electrons. The molecule has 0 aliphatic heterocycles. The van der Waals surface area contributed by atoms with E-state index >= 15 is 0 Å². The predicted octanol–water partition coefficient (Wildman–Crippen LogP) is 2.77. The van der Waals surface area contributed by atoms with Crippen LogP contribution in [0.4, 0.5) is 0 Å². The first-order valence-electron chi connectivity index (χ1n) is 5.45. The van der Waals surface area contributed by atoms with Crippen molar-refractivity contribution >= 4 is 0 Å². The summed E-state index contributed by atoms with van der Waals surface area (Å²) in [6.07, 6.45) is 2.61. The van der Waals surface area contributed by atoms with Crippen molar-refractivity contribution in [2.45, 2.75) is 38.6 Å². The van der Waals surface area contributed by atoms with Crippen molar-refractivity contribution in [1.82, 2.24) is 5.32 Å². The van der Waals surface area contributed by atoms with Gasteiger partial charge in [0.05, 0.1) is 0 Å². The first kappa shape index (κ1) is 9.72. The van der Waals surface area contributed by atoms with Crippen LogP contribution >= 0.6 is 0 Å². The van der Waals surface area contributed by atoms with Crippen molar-refractivity contribution in [3.8, 4) is 0 Å².